The van der Waals surface area contributed by atoms with E-state index < -0.39 is 0 Å². The molecule has 0 bridgehead atoms. The van der Waals surface area contributed by atoms with Gasteiger partial charge in [-0.25, -0.2) is 0 Å². The van der Waals surface area contributed by atoms with Crippen molar-refractivity contribution >= 4 is 5.91 Å². The summed E-state index contributed by atoms with van der Waals surface area (Å²) < 4.78 is 1.89. The molecule has 3 rings (SSSR count). The van der Waals surface area contributed by atoms with Crippen molar-refractivity contribution in [1.29, 1.82) is 0 Å². The Balaban J connectivity index is 1.74. The number of aromatic nitrogens is 1. The second-order valence-electron chi connectivity index (χ2n) is 7.32. The topological polar surface area (TPSA) is 51.1 Å². The zero-order chi connectivity index (χ0) is 18.7. The summed E-state index contributed by atoms with van der Waals surface area (Å²) in [6.07, 6.45) is 5.70. The molecule has 0 spiro atoms. The predicted octanol–water partition coefficient (Wildman–Crippen LogP) is 3.61. The van der Waals surface area contributed by atoms with Gasteiger partial charge < -0.3 is 9.88 Å². The summed E-state index contributed by atoms with van der Waals surface area (Å²) in [6.45, 7) is 6.06. The molecule has 0 fully saturated rings. The van der Waals surface area contributed by atoms with Crippen LogP contribution in [0.2, 0.25) is 0 Å². The Morgan fingerprint density at radius 2 is 1.73 bits per heavy atom. The van der Waals surface area contributed by atoms with Crippen molar-refractivity contribution in [2.75, 3.05) is 0 Å². The number of amides is 1. The first-order valence-corrected chi connectivity index (χ1v) is 9.57. The monoisotopic (exact) mass is 352 g/mol. The first kappa shape index (κ1) is 18.4. The van der Waals surface area contributed by atoms with E-state index in [0.717, 1.165) is 24.2 Å². The second-order valence-corrected chi connectivity index (χ2v) is 7.32. The summed E-state index contributed by atoms with van der Waals surface area (Å²) in [6, 6.07) is 9.83. The van der Waals surface area contributed by atoms with Crippen LogP contribution < -0.4 is 10.7 Å². The highest BCUT2D eigenvalue weighted by Gasteiger charge is 2.17. The number of carbonyl (C=O) groups is 1. The van der Waals surface area contributed by atoms with Crippen LogP contribution in [-0.4, -0.2) is 10.5 Å². The van der Waals surface area contributed by atoms with Gasteiger partial charge in [-0.05, 0) is 62.6 Å². The Bertz CT molecular complexity index is 841. The summed E-state index contributed by atoms with van der Waals surface area (Å²) in [4.78, 5) is 24.2. The molecule has 1 unspecified atom stereocenters. The number of nitrogens with zero attached hydrogens (tertiary/aromatic N) is 1. The van der Waals surface area contributed by atoms with Crippen molar-refractivity contribution in [3.05, 3.63) is 68.6 Å². The summed E-state index contributed by atoms with van der Waals surface area (Å²) >= 11 is 0. The van der Waals surface area contributed by atoms with Crippen molar-refractivity contribution in [3.63, 3.8) is 0 Å². The van der Waals surface area contributed by atoms with Crippen LogP contribution in [0.25, 0.3) is 0 Å². The predicted molar refractivity (Wildman–Crippen MR) is 104 cm³/mol. The number of hydrogen-bond acceptors (Lipinski definition) is 2. The summed E-state index contributed by atoms with van der Waals surface area (Å²) in [7, 11) is 0. The second kappa shape index (κ2) is 7.90. The largest absolute Gasteiger partial charge is 0.348 e. The van der Waals surface area contributed by atoms with Crippen molar-refractivity contribution in [2.45, 2.75) is 65.5 Å². The van der Waals surface area contributed by atoms with Crippen molar-refractivity contribution < 1.29 is 4.79 Å². The fraction of sp³-hybridized carbons (Fsp3) is 0.455. The van der Waals surface area contributed by atoms with Gasteiger partial charge in [-0.15, -0.1) is 0 Å². The molecular formula is C22H28N2O2. The molecule has 1 atom stereocenters. The Hall–Kier alpha value is -2.36. The van der Waals surface area contributed by atoms with Crippen LogP contribution in [0.4, 0.5) is 0 Å². The van der Waals surface area contributed by atoms with E-state index in [-0.39, 0.29) is 23.9 Å². The quantitative estimate of drug-likeness (QED) is 0.894. The number of pyridine rings is 1. The van der Waals surface area contributed by atoms with E-state index in [0.29, 0.717) is 0 Å². The third kappa shape index (κ3) is 4.06. The van der Waals surface area contributed by atoms with Gasteiger partial charge in [0.25, 0.3) is 0 Å². The molecular weight excluding hydrogens is 324 g/mol. The van der Waals surface area contributed by atoms with Crippen LogP contribution in [0.5, 0.6) is 0 Å². The Morgan fingerprint density at radius 1 is 1.08 bits per heavy atom. The molecule has 4 heteroatoms. The van der Waals surface area contributed by atoms with Gasteiger partial charge in [-0.2, -0.15) is 0 Å². The van der Waals surface area contributed by atoms with Crippen molar-refractivity contribution in [3.8, 4) is 0 Å². The Morgan fingerprint density at radius 3 is 2.38 bits per heavy atom. The fourth-order valence-electron chi connectivity index (χ4n) is 3.91. The lowest BCUT2D eigenvalue weighted by Gasteiger charge is -2.22. The number of fused-ring (bicyclic) bond motifs is 1. The standard InChI is InChI=1S/C22H28N2O2/c1-4-21(19-10-9-17-7-5-6-8-18(17)13-19)23-22(26)14-24-15(2)11-20(25)12-16(24)3/h9-13,21H,4-8,14H2,1-3H3,(H,23,26). The summed E-state index contributed by atoms with van der Waals surface area (Å²) in [5.41, 5.74) is 5.69. The van der Waals surface area contributed by atoms with Gasteiger partial charge in [0.15, 0.2) is 5.43 Å². The molecule has 0 radical (unpaired) electrons. The molecule has 1 aromatic heterocycles. The highest BCUT2D eigenvalue weighted by molar-refractivity contribution is 5.76. The summed E-state index contributed by atoms with van der Waals surface area (Å²) in [5.74, 6) is -0.0237. The normalized spacial score (nSPS) is 14.6. The van der Waals surface area contributed by atoms with E-state index in [1.165, 1.54) is 36.0 Å². The average Bonchev–Trinajstić information content (AvgIpc) is 2.62. The first-order chi connectivity index (χ1) is 12.5. The van der Waals surface area contributed by atoms with E-state index in [2.05, 4.69) is 30.4 Å². The average molecular weight is 352 g/mol. The molecule has 1 aromatic carbocycles. The molecule has 0 saturated heterocycles. The van der Waals surface area contributed by atoms with E-state index in [1.807, 2.05) is 18.4 Å². The molecule has 1 aliphatic carbocycles. The SMILES string of the molecule is CCC(NC(=O)Cn1c(C)cc(=O)cc1C)c1ccc2c(c1)CCCC2. The zero-order valence-electron chi connectivity index (χ0n) is 16.0. The smallest absolute Gasteiger partial charge is 0.240 e. The number of aryl methyl sites for hydroxylation is 4. The fourth-order valence-corrected chi connectivity index (χ4v) is 3.91. The lowest BCUT2D eigenvalue weighted by atomic mass is 9.89. The van der Waals surface area contributed by atoms with Gasteiger partial charge >= 0.3 is 0 Å². The molecule has 1 amide bonds. The molecule has 138 valence electrons. The van der Waals surface area contributed by atoms with Gasteiger partial charge in [-0.1, -0.05) is 25.1 Å². The maximum Gasteiger partial charge on any atom is 0.240 e. The maximum atomic E-state index is 12.6. The van der Waals surface area contributed by atoms with Crippen LogP contribution in [0.15, 0.2) is 35.1 Å². The molecule has 1 aliphatic rings. The zero-order valence-corrected chi connectivity index (χ0v) is 16.0. The van der Waals surface area contributed by atoms with Gasteiger partial charge in [0, 0.05) is 23.5 Å². The highest BCUT2D eigenvalue weighted by atomic mass is 16.2. The van der Waals surface area contributed by atoms with E-state index in [9.17, 15) is 9.59 Å². The first-order valence-electron chi connectivity index (χ1n) is 9.57. The molecule has 1 N–H and O–H groups in total. The van der Waals surface area contributed by atoms with Crippen LogP contribution in [0.1, 0.15) is 60.3 Å². The number of hydrogen-bond donors (Lipinski definition) is 1. The minimum absolute atomic E-state index is 0.0165. The molecule has 2 aromatic rings. The van der Waals surface area contributed by atoms with Gasteiger partial charge in [0.2, 0.25) is 5.91 Å². The van der Waals surface area contributed by atoms with Gasteiger partial charge in [-0.3, -0.25) is 9.59 Å². The van der Waals surface area contributed by atoms with E-state index >= 15 is 0 Å². The molecule has 0 aliphatic heterocycles. The van der Waals surface area contributed by atoms with Crippen molar-refractivity contribution in [2.24, 2.45) is 0 Å². The minimum Gasteiger partial charge on any atom is -0.348 e. The summed E-state index contributed by atoms with van der Waals surface area (Å²) in [5, 5.41) is 3.17. The van der Waals surface area contributed by atoms with Crippen LogP contribution >= 0.6 is 0 Å². The lowest BCUT2D eigenvalue weighted by molar-refractivity contribution is -0.122. The van der Waals surface area contributed by atoms with Crippen molar-refractivity contribution in [1.82, 2.24) is 9.88 Å². The van der Waals surface area contributed by atoms with Crippen LogP contribution in [-0.2, 0) is 24.2 Å². The minimum atomic E-state index is -0.0237. The van der Waals surface area contributed by atoms with Crippen LogP contribution in [0.3, 0.4) is 0 Å². The third-order valence-electron chi connectivity index (χ3n) is 5.37. The number of nitrogens with one attached hydrogen (secondary N) is 1. The molecule has 1 heterocycles. The molecule has 26 heavy (non-hydrogen) atoms. The molecule has 0 saturated carbocycles. The van der Waals surface area contributed by atoms with Crippen LogP contribution in [0, 0.1) is 13.8 Å². The van der Waals surface area contributed by atoms with E-state index in [1.54, 1.807) is 12.1 Å². The third-order valence-corrected chi connectivity index (χ3v) is 5.37. The van der Waals surface area contributed by atoms with Gasteiger partial charge in [0.1, 0.15) is 6.54 Å². The lowest BCUT2D eigenvalue weighted by Crippen LogP contribution is -2.32. The Labute approximate surface area is 155 Å². The number of carbonyl (C=O) groups excluding carboxylic acids is 1. The molecule has 4 nitrogen and oxygen atoms in total. The highest BCUT2D eigenvalue weighted by Crippen LogP contribution is 2.26. The number of benzene rings is 1. The number of rotatable bonds is 5. The Kier molecular flexibility index (Phi) is 5.60. The van der Waals surface area contributed by atoms with Gasteiger partial charge in [0.05, 0.1) is 6.04 Å². The maximum absolute atomic E-state index is 12.6. The van der Waals surface area contributed by atoms with E-state index in [4.69, 9.17) is 0 Å².